The van der Waals surface area contributed by atoms with E-state index in [9.17, 15) is 4.79 Å². The van der Waals surface area contributed by atoms with Crippen LogP contribution in [0.25, 0.3) is 0 Å². The highest BCUT2D eigenvalue weighted by Gasteiger charge is 2.17. The van der Waals surface area contributed by atoms with Crippen LogP contribution in [0.3, 0.4) is 0 Å². The number of carbonyl (C=O) groups excluding carboxylic acids is 1. The second-order valence-corrected chi connectivity index (χ2v) is 4.23. The summed E-state index contributed by atoms with van der Waals surface area (Å²) < 4.78 is 12.3. The molecule has 0 unspecified atom stereocenters. The van der Waals surface area contributed by atoms with Crippen LogP contribution in [0.1, 0.15) is 23.3 Å². The molecule has 1 aliphatic rings. The fourth-order valence-electron chi connectivity index (χ4n) is 2.01. The third-order valence-corrected chi connectivity index (χ3v) is 2.96. The van der Waals surface area contributed by atoms with E-state index in [1.807, 2.05) is 13.2 Å². The van der Waals surface area contributed by atoms with E-state index in [0.29, 0.717) is 5.69 Å². The summed E-state index contributed by atoms with van der Waals surface area (Å²) in [6, 6.07) is 1.73. The van der Waals surface area contributed by atoms with Crippen LogP contribution >= 0.6 is 0 Å². The van der Waals surface area contributed by atoms with Gasteiger partial charge >= 0.3 is 5.97 Å². The number of carbonyl (C=O) groups is 1. The Hall–Kier alpha value is -1.49. The topological polar surface area (TPSA) is 52.5 Å². The van der Waals surface area contributed by atoms with Crippen molar-refractivity contribution in [2.75, 3.05) is 20.2 Å². The third kappa shape index (κ3) is 2.79. The first kappa shape index (κ1) is 12.0. The molecular weight excluding hydrogens is 220 g/mol. The number of aromatic nitrogens is 1. The van der Waals surface area contributed by atoms with Gasteiger partial charge in [0.1, 0.15) is 17.5 Å². The number of esters is 1. The molecule has 1 aromatic rings. The van der Waals surface area contributed by atoms with Crippen molar-refractivity contribution >= 4 is 5.97 Å². The predicted molar refractivity (Wildman–Crippen MR) is 63.3 cm³/mol. The van der Waals surface area contributed by atoms with E-state index >= 15 is 0 Å². The Bertz CT molecular complexity index is 394. The number of ether oxygens (including phenoxy) is 2. The molecule has 1 N–H and O–H groups in total. The largest absolute Gasteiger partial charge is 0.489 e. The number of aryl methyl sites for hydroxylation is 1. The molecule has 0 atom stereocenters. The van der Waals surface area contributed by atoms with Crippen molar-refractivity contribution in [2.24, 2.45) is 7.05 Å². The lowest BCUT2D eigenvalue weighted by Gasteiger charge is -2.23. The highest BCUT2D eigenvalue weighted by atomic mass is 16.5. The van der Waals surface area contributed by atoms with Gasteiger partial charge in [-0.25, -0.2) is 4.79 Å². The zero-order valence-electron chi connectivity index (χ0n) is 10.2. The summed E-state index contributed by atoms with van der Waals surface area (Å²) >= 11 is 0. The van der Waals surface area contributed by atoms with Crippen molar-refractivity contribution in [1.82, 2.24) is 9.88 Å². The number of hydrogen-bond acceptors (Lipinski definition) is 4. The second kappa shape index (κ2) is 5.23. The molecule has 0 radical (unpaired) electrons. The summed E-state index contributed by atoms with van der Waals surface area (Å²) in [5, 5.41) is 3.29. The van der Waals surface area contributed by atoms with Crippen LogP contribution < -0.4 is 10.1 Å². The van der Waals surface area contributed by atoms with Gasteiger partial charge in [-0.1, -0.05) is 0 Å². The summed E-state index contributed by atoms with van der Waals surface area (Å²) in [7, 11) is 3.18. The summed E-state index contributed by atoms with van der Waals surface area (Å²) in [6.45, 7) is 1.97. The van der Waals surface area contributed by atoms with Crippen molar-refractivity contribution in [3.05, 3.63) is 18.0 Å². The van der Waals surface area contributed by atoms with Gasteiger partial charge in [-0.15, -0.1) is 0 Å². The lowest BCUT2D eigenvalue weighted by Crippen LogP contribution is -2.34. The highest BCUT2D eigenvalue weighted by molar-refractivity contribution is 5.88. The molecule has 2 rings (SSSR count). The van der Waals surface area contributed by atoms with Crippen molar-refractivity contribution in [1.29, 1.82) is 0 Å². The monoisotopic (exact) mass is 238 g/mol. The molecule has 5 heteroatoms. The summed E-state index contributed by atoms with van der Waals surface area (Å²) in [5.74, 6) is 0.396. The Morgan fingerprint density at radius 1 is 1.47 bits per heavy atom. The van der Waals surface area contributed by atoms with Crippen LogP contribution in [0.2, 0.25) is 0 Å². The smallest absolute Gasteiger partial charge is 0.354 e. The quantitative estimate of drug-likeness (QED) is 0.796. The van der Waals surface area contributed by atoms with Crippen molar-refractivity contribution in [3.63, 3.8) is 0 Å². The molecule has 1 saturated heterocycles. The average Bonchev–Trinajstić information content (AvgIpc) is 2.70. The number of piperidine rings is 1. The molecule has 2 heterocycles. The highest BCUT2D eigenvalue weighted by Crippen LogP contribution is 2.20. The molecule has 0 saturated carbocycles. The van der Waals surface area contributed by atoms with Crippen molar-refractivity contribution in [3.8, 4) is 5.75 Å². The molecule has 5 nitrogen and oxygen atoms in total. The fraction of sp³-hybridized carbons (Fsp3) is 0.583. The zero-order chi connectivity index (χ0) is 12.3. The molecule has 0 bridgehead atoms. The summed E-state index contributed by atoms with van der Waals surface area (Å²) in [6.07, 6.45) is 4.06. The van der Waals surface area contributed by atoms with Crippen molar-refractivity contribution < 1.29 is 14.3 Å². The average molecular weight is 238 g/mol. The standard InChI is InChI=1S/C12H18N2O3/c1-14-8-10(7-11(14)12(15)16-2)17-9-3-5-13-6-4-9/h7-9,13H,3-6H2,1-2H3. The van der Waals surface area contributed by atoms with Gasteiger partial charge in [-0.3, -0.25) is 0 Å². The van der Waals surface area contributed by atoms with Crippen molar-refractivity contribution in [2.45, 2.75) is 18.9 Å². The SMILES string of the molecule is COC(=O)c1cc(OC2CCNCC2)cn1C. The Balaban J connectivity index is 2.03. The molecule has 1 aliphatic heterocycles. The summed E-state index contributed by atoms with van der Waals surface area (Å²) in [4.78, 5) is 11.4. The number of nitrogens with zero attached hydrogens (tertiary/aromatic N) is 1. The zero-order valence-corrected chi connectivity index (χ0v) is 10.2. The van der Waals surface area contributed by atoms with Crippen LogP contribution in [-0.2, 0) is 11.8 Å². The Morgan fingerprint density at radius 3 is 2.82 bits per heavy atom. The number of hydrogen-bond donors (Lipinski definition) is 1. The maximum atomic E-state index is 11.4. The van der Waals surface area contributed by atoms with E-state index in [1.54, 1.807) is 10.6 Å². The molecule has 0 spiro atoms. The molecular formula is C12H18N2O3. The molecule has 1 fully saturated rings. The van der Waals surface area contributed by atoms with Crippen LogP contribution in [0.4, 0.5) is 0 Å². The molecule has 94 valence electrons. The maximum Gasteiger partial charge on any atom is 0.354 e. The number of nitrogens with one attached hydrogen (secondary N) is 1. The van der Waals surface area contributed by atoms with Crippen LogP contribution in [0, 0.1) is 0 Å². The minimum absolute atomic E-state index is 0.240. The molecule has 17 heavy (non-hydrogen) atoms. The Kier molecular flexibility index (Phi) is 3.68. The summed E-state index contributed by atoms with van der Waals surface area (Å²) in [5.41, 5.74) is 0.511. The van der Waals surface area contributed by atoms with Gasteiger partial charge in [0.2, 0.25) is 0 Å². The van der Waals surface area contributed by atoms with E-state index in [-0.39, 0.29) is 12.1 Å². The Labute approximate surface area is 101 Å². The minimum atomic E-state index is -0.340. The second-order valence-electron chi connectivity index (χ2n) is 4.23. The van der Waals surface area contributed by atoms with Gasteiger partial charge in [0.15, 0.2) is 0 Å². The van der Waals surface area contributed by atoms with Crippen LogP contribution in [0.15, 0.2) is 12.3 Å². The fourth-order valence-corrected chi connectivity index (χ4v) is 2.01. The van der Waals surface area contributed by atoms with Gasteiger partial charge < -0.3 is 19.4 Å². The minimum Gasteiger partial charge on any atom is -0.489 e. The van der Waals surface area contributed by atoms with Gasteiger partial charge in [0, 0.05) is 19.3 Å². The van der Waals surface area contributed by atoms with Crippen LogP contribution in [-0.4, -0.2) is 36.8 Å². The lowest BCUT2D eigenvalue weighted by atomic mass is 10.1. The molecule has 0 amide bonds. The third-order valence-electron chi connectivity index (χ3n) is 2.96. The van der Waals surface area contributed by atoms with E-state index in [0.717, 1.165) is 31.7 Å². The van der Waals surface area contributed by atoms with E-state index in [4.69, 9.17) is 9.47 Å². The molecule has 1 aromatic heterocycles. The number of rotatable bonds is 3. The van der Waals surface area contributed by atoms with E-state index < -0.39 is 0 Å². The Morgan fingerprint density at radius 2 is 2.18 bits per heavy atom. The molecule has 0 aromatic carbocycles. The van der Waals surface area contributed by atoms with Gasteiger partial charge in [-0.2, -0.15) is 0 Å². The van der Waals surface area contributed by atoms with Gasteiger partial charge in [0.05, 0.1) is 7.11 Å². The number of methoxy groups -OCH3 is 1. The van der Waals surface area contributed by atoms with Gasteiger partial charge in [-0.05, 0) is 25.9 Å². The predicted octanol–water partition coefficient (Wildman–Crippen LogP) is 0.943. The molecule has 0 aliphatic carbocycles. The maximum absolute atomic E-state index is 11.4. The van der Waals surface area contributed by atoms with Gasteiger partial charge in [0.25, 0.3) is 0 Å². The first-order valence-corrected chi connectivity index (χ1v) is 5.82. The first-order valence-electron chi connectivity index (χ1n) is 5.82. The lowest BCUT2D eigenvalue weighted by molar-refractivity contribution is 0.0589. The van der Waals surface area contributed by atoms with E-state index in [2.05, 4.69) is 5.32 Å². The van der Waals surface area contributed by atoms with E-state index in [1.165, 1.54) is 7.11 Å². The normalized spacial score (nSPS) is 16.8. The first-order chi connectivity index (χ1) is 8.20. The van der Waals surface area contributed by atoms with Crippen LogP contribution in [0.5, 0.6) is 5.75 Å².